The molecule has 9 heteroatoms. The number of benzene rings is 2. The van der Waals surface area contributed by atoms with Crippen LogP contribution in [0, 0.1) is 5.92 Å². The van der Waals surface area contributed by atoms with Gasteiger partial charge in [0.25, 0.3) is 0 Å². The molecule has 1 aliphatic heterocycles. The number of aromatic amines is 1. The lowest BCUT2D eigenvalue weighted by Crippen LogP contribution is -2.41. The van der Waals surface area contributed by atoms with E-state index in [4.69, 9.17) is 27.9 Å². The maximum absolute atomic E-state index is 12.7. The lowest BCUT2D eigenvalue weighted by atomic mass is 9.96. The number of H-pyrrole nitrogens is 1. The molecule has 1 aromatic heterocycles. The number of nitrogens with zero attached hydrogens (tertiary/aromatic N) is 2. The molecule has 0 radical (unpaired) electrons. The molecule has 4 rings (SSSR count). The summed E-state index contributed by atoms with van der Waals surface area (Å²) in [5.41, 5.74) is 3.28. The molecule has 0 saturated carbocycles. The molecule has 0 spiro atoms. The van der Waals surface area contributed by atoms with E-state index in [1.54, 1.807) is 35.6 Å². The molecule has 0 unspecified atom stereocenters. The fraction of sp³-hybridized carbons (Fsp3) is 0.261. The van der Waals surface area contributed by atoms with Gasteiger partial charge in [-0.3, -0.25) is 4.79 Å². The zero-order valence-electron chi connectivity index (χ0n) is 17.2. The molecule has 2 heterocycles. The number of likely N-dealkylation sites (tertiary alicyclic amines) is 1. The van der Waals surface area contributed by atoms with Gasteiger partial charge in [-0.15, -0.1) is 0 Å². The van der Waals surface area contributed by atoms with Gasteiger partial charge in [0.05, 0.1) is 18.2 Å². The summed E-state index contributed by atoms with van der Waals surface area (Å²) in [6.07, 6.45) is 4.08. The molecule has 1 saturated heterocycles. The number of amides is 2. The van der Waals surface area contributed by atoms with E-state index in [1.807, 2.05) is 24.3 Å². The number of anilines is 1. The lowest BCUT2D eigenvalue weighted by Gasteiger charge is -2.30. The quantitative estimate of drug-likeness (QED) is 0.522. The Kier molecular flexibility index (Phi) is 6.97. The van der Waals surface area contributed by atoms with E-state index in [0.717, 1.165) is 22.5 Å². The van der Waals surface area contributed by atoms with Crippen LogP contribution in [0.5, 0.6) is 0 Å². The molecule has 7 nitrogen and oxygen atoms in total. The van der Waals surface area contributed by atoms with Crippen molar-refractivity contribution < 1.29 is 14.3 Å². The van der Waals surface area contributed by atoms with Crippen LogP contribution in [0.2, 0.25) is 10.0 Å². The first-order valence-electron chi connectivity index (χ1n) is 10.2. The number of aromatic nitrogens is 2. The highest BCUT2D eigenvalue weighted by Crippen LogP contribution is 2.24. The highest BCUT2D eigenvalue weighted by molar-refractivity contribution is 6.34. The Hall–Kier alpha value is -3.03. The number of halogens is 2. The molecule has 0 aliphatic carbocycles. The van der Waals surface area contributed by atoms with Gasteiger partial charge < -0.3 is 19.9 Å². The standard InChI is InChI=1S/C23H22Cl2N4O3/c24-18-8-15(9-19(25)11-18)13-32-23(31)29-6-4-16(5-7-29)22(30)28-20-3-1-2-17(10-20)21-12-26-14-27-21/h1-3,8-12,14,16H,4-7,13H2,(H,26,27)(H,28,30). The Morgan fingerprint density at radius 2 is 1.88 bits per heavy atom. The highest BCUT2D eigenvalue weighted by atomic mass is 35.5. The molecule has 0 atom stereocenters. The van der Waals surface area contributed by atoms with Crippen molar-refractivity contribution in [1.82, 2.24) is 14.9 Å². The van der Waals surface area contributed by atoms with Gasteiger partial charge in [0.1, 0.15) is 6.61 Å². The van der Waals surface area contributed by atoms with Crippen LogP contribution in [-0.2, 0) is 16.1 Å². The van der Waals surface area contributed by atoms with Crippen LogP contribution in [0.3, 0.4) is 0 Å². The zero-order valence-corrected chi connectivity index (χ0v) is 18.7. The molecule has 1 aliphatic rings. The third-order valence-electron chi connectivity index (χ3n) is 5.35. The molecule has 2 aromatic carbocycles. The van der Waals surface area contributed by atoms with E-state index in [1.165, 1.54) is 0 Å². The predicted octanol–water partition coefficient (Wildman–Crippen LogP) is 5.37. The van der Waals surface area contributed by atoms with Crippen molar-refractivity contribution in [2.45, 2.75) is 19.4 Å². The van der Waals surface area contributed by atoms with Crippen molar-refractivity contribution in [1.29, 1.82) is 0 Å². The number of carbonyl (C=O) groups excluding carboxylic acids is 2. The summed E-state index contributed by atoms with van der Waals surface area (Å²) in [7, 11) is 0. The van der Waals surface area contributed by atoms with E-state index < -0.39 is 6.09 Å². The van der Waals surface area contributed by atoms with Crippen LogP contribution < -0.4 is 5.32 Å². The van der Waals surface area contributed by atoms with Crippen LogP contribution in [0.15, 0.2) is 55.0 Å². The van der Waals surface area contributed by atoms with Crippen molar-refractivity contribution in [3.63, 3.8) is 0 Å². The summed E-state index contributed by atoms with van der Waals surface area (Å²) in [6, 6.07) is 12.6. The van der Waals surface area contributed by atoms with Gasteiger partial charge in [0.15, 0.2) is 0 Å². The number of piperidine rings is 1. The van der Waals surface area contributed by atoms with E-state index >= 15 is 0 Å². The maximum Gasteiger partial charge on any atom is 0.410 e. The molecule has 2 amide bonds. The lowest BCUT2D eigenvalue weighted by molar-refractivity contribution is -0.121. The zero-order chi connectivity index (χ0) is 22.5. The van der Waals surface area contributed by atoms with Crippen molar-refractivity contribution in [3.05, 3.63) is 70.6 Å². The van der Waals surface area contributed by atoms with Gasteiger partial charge in [0.2, 0.25) is 5.91 Å². The third-order valence-corrected chi connectivity index (χ3v) is 5.78. The summed E-state index contributed by atoms with van der Waals surface area (Å²) >= 11 is 11.9. The second-order valence-electron chi connectivity index (χ2n) is 7.63. The summed E-state index contributed by atoms with van der Waals surface area (Å²) in [5, 5.41) is 3.96. The summed E-state index contributed by atoms with van der Waals surface area (Å²) < 4.78 is 5.38. The Morgan fingerprint density at radius 3 is 2.56 bits per heavy atom. The van der Waals surface area contributed by atoms with E-state index in [9.17, 15) is 9.59 Å². The molecule has 166 valence electrons. The van der Waals surface area contributed by atoms with Crippen LogP contribution >= 0.6 is 23.2 Å². The van der Waals surface area contributed by atoms with E-state index in [0.29, 0.717) is 36.0 Å². The summed E-state index contributed by atoms with van der Waals surface area (Å²) in [5.74, 6) is -0.213. The number of imidazole rings is 1. The third kappa shape index (κ3) is 5.60. The molecular formula is C23H22Cl2N4O3. The Balaban J connectivity index is 1.26. The van der Waals surface area contributed by atoms with Crippen molar-refractivity contribution >= 4 is 40.9 Å². The summed E-state index contributed by atoms with van der Waals surface area (Å²) in [6.45, 7) is 1.01. The fourth-order valence-electron chi connectivity index (χ4n) is 3.68. The monoisotopic (exact) mass is 472 g/mol. The molecule has 32 heavy (non-hydrogen) atoms. The van der Waals surface area contributed by atoms with Crippen LogP contribution in [0.25, 0.3) is 11.3 Å². The average molecular weight is 473 g/mol. The van der Waals surface area contributed by atoms with Crippen molar-refractivity contribution in [2.24, 2.45) is 5.92 Å². The normalized spacial score (nSPS) is 14.2. The fourth-order valence-corrected chi connectivity index (χ4v) is 4.25. The van der Waals surface area contributed by atoms with Crippen LogP contribution in [-0.4, -0.2) is 40.0 Å². The van der Waals surface area contributed by atoms with E-state index in [2.05, 4.69) is 15.3 Å². The van der Waals surface area contributed by atoms with Crippen molar-refractivity contribution in [3.8, 4) is 11.3 Å². The first-order valence-corrected chi connectivity index (χ1v) is 11.0. The number of rotatable bonds is 5. The number of ether oxygens (including phenoxy) is 1. The smallest absolute Gasteiger partial charge is 0.410 e. The first kappa shape index (κ1) is 22.2. The second-order valence-corrected chi connectivity index (χ2v) is 8.50. The first-order chi connectivity index (χ1) is 15.5. The molecule has 2 N–H and O–H groups in total. The van der Waals surface area contributed by atoms with Gasteiger partial charge in [-0.2, -0.15) is 0 Å². The van der Waals surface area contributed by atoms with Gasteiger partial charge in [-0.1, -0.05) is 35.3 Å². The molecule has 3 aromatic rings. The SMILES string of the molecule is O=C(Nc1cccc(-c2cnc[nH]2)c1)C1CCN(C(=O)OCc2cc(Cl)cc(Cl)c2)CC1. The van der Waals surface area contributed by atoms with Crippen LogP contribution in [0.4, 0.5) is 10.5 Å². The summed E-state index contributed by atoms with van der Waals surface area (Å²) in [4.78, 5) is 33.8. The Morgan fingerprint density at radius 1 is 1.12 bits per heavy atom. The minimum atomic E-state index is -0.410. The number of hydrogen-bond acceptors (Lipinski definition) is 4. The number of carbonyl (C=O) groups is 2. The average Bonchev–Trinajstić information content (AvgIpc) is 3.32. The van der Waals surface area contributed by atoms with Gasteiger partial charge in [0, 0.05) is 40.3 Å². The number of hydrogen-bond donors (Lipinski definition) is 2. The topological polar surface area (TPSA) is 87.3 Å². The van der Waals surface area contributed by atoms with Gasteiger partial charge in [-0.05, 0) is 48.7 Å². The molecule has 0 bridgehead atoms. The molecule has 1 fully saturated rings. The molecular weight excluding hydrogens is 451 g/mol. The van der Waals surface area contributed by atoms with Crippen molar-refractivity contribution in [2.75, 3.05) is 18.4 Å². The van der Waals surface area contributed by atoms with Crippen LogP contribution in [0.1, 0.15) is 18.4 Å². The Bertz CT molecular complexity index is 1080. The number of nitrogens with one attached hydrogen (secondary N) is 2. The van der Waals surface area contributed by atoms with E-state index in [-0.39, 0.29) is 18.4 Å². The minimum Gasteiger partial charge on any atom is -0.445 e. The highest BCUT2D eigenvalue weighted by Gasteiger charge is 2.28. The second kappa shape index (κ2) is 10.1. The Labute approximate surface area is 195 Å². The largest absolute Gasteiger partial charge is 0.445 e. The minimum absolute atomic E-state index is 0.0478. The predicted molar refractivity (Wildman–Crippen MR) is 124 cm³/mol. The van der Waals surface area contributed by atoms with Gasteiger partial charge in [-0.25, -0.2) is 9.78 Å². The van der Waals surface area contributed by atoms with Gasteiger partial charge >= 0.3 is 6.09 Å². The maximum atomic E-state index is 12.7.